The minimum absolute atomic E-state index is 0.187. The van der Waals surface area contributed by atoms with Crippen molar-refractivity contribution in [3.63, 3.8) is 0 Å². The fourth-order valence-corrected chi connectivity index (χ4v) is 2.68. The first kappa shape index (κ1) is 14.1. The average molecular weight is 261 g/mol. The number of aliphatic hydroxyl groups excluding tert-OH is 1. The molecule has 0 spiro atoms. The first-order chi connectivity index (χ1) is 9.16. The van der Waals surface area contributed by atoms with Crippen LogP contribution in [0.1, 0.15) is 44.1 Å². The van der Waals surface area contributed by atoms with Crippen molar-refractivity contribution in [2.75, 3.05) is 13.1 Å². The number of hydrogen-bond donors (Lipinski definition) is 1. The van der Waals surface area contributed by atoms with Gasteiger partial charge in [0.1, 0.15) is 0 Å². The van der Waals surface area contributed by atoms with Crippen LogP contribution in [0.5, 0.6) is 0 Å². The normalized spacial score (nSPS) is 18.3. The van der Waals surface area contributed by atoms with E-state index < -0.39 is 0 Å². The van der Waals surface area contributed by atoms with Gasteiger partial charge < -0.3 is 10.0 Å². The Balaban J connectivity index is 1.81. The summed E-state index contributed by atoms with van der Waals surface area (Å²) < 4.78 is 0. The van der Waals surface area contributed by atoms with E-state index in [2.05, 4.69) is 24.3 Å². The SMILES string of the molecule is CC(O)CCC(=O)N1CCC(c2ccccc2)CC1. The Labute approximate surface area is 115 Å². The molecule has 1 amide bonds. The quantitative estimate of drug-likeness (QED) is 0.905. The second-order valence-electron chi connectivity index (χ2n) is 5.45. The lowest BCUT2D eigenvalue weighted by Gasteiger charge is -2.32. The van der Waals surface area contributed by atoms with E-state index in [4.69, 9.17) is 0 Å². The number of piperidine rings is 1. The summed E-state index contributed by atoms with van der Waals surface area (Å²) >= 11 is 0. The number of carbonyl (C=O) groups is 1. The Morgan fingerprint density at radius 1 is 1.32 bits per heavy atom. The lowest BCUT2D eigenvalue weighted by atomic mass is 9.89. The van der Waals surface area contributed by atoms with Gasteiger partial charge in [-0.15, -0.1) is 0 Å². The van der Waals surface area contributed by atoms with E-state index in [0.717, 1.165) is 25.9 Å². The molecule has 1 aromatic carbocycles. The number of nitrogens with zero attached hydrogens (tertiary/aromatic N) is 1. The summed E-state index contributed by atoms with van der Waals surface area (Å²) in [6, 6.07) is 10.5. The molecule has 0 saturated carbocycles. The van der Waals surface area contributed by atoms with Gasteiger partial charge in [-0.25, -0.2) is 0 Å². The fraction of sp³-hybridized carbons (Fsp3) is 0.562. The molecule has 19 heavy (non-hydrogen) atoms. The molecule has 1 unspecified atom stereocenters. The van der Waals surface area contributed by atoms with Gasteiger partial charge >= 0.3 is 0 Å². The second-order valence-corrected chi connectivity index (χ2v) is 5.45. The average Bonchev–Trinajstić information content (AvgIpc) is 2.46. The molecular formula is C16H23NO2. The van der Waals surface area contributed by atoms with Gasteiger partial charge in [0.15, 0.2) is 0 Å². The van der Waals surface area contributed by atoms with E-state index in [1.807, 2.05) is 11.0 Å². The number of benzene rings is 1. The zero-order valence-corrected chi connectivity index (χ0v) is 11.6. The predicted molar refractivity (Wildman–Crippen MR) is 75.9 cm³/mol. The summed E-state index contributed by atoms with van der Waals surface area (Å²) in [5, 5.41) is 9.22. The smallest absolute Gasteiger partial charge is 0.222 e. The third-order valence-corrected chi connectivity index (χ3v) is 3.89. The number of carbonyl (C=O) groups excluding carboxylic acids is 1. The maximum atomic E-state index is 12.0. The van der Waals surface area contributed by atoms with Crippen molar-refractivity contribution in [2.45, 2.75) is 44.6 Å². The van der Waals surface area contributed by atoms with Crippen molar-refractivity contribution in [3.05, 3.63) is 35.9 Å². The van der Waals surface area contributed by atoms with Gasteiger partial charge in [-0.05, 0) is 37.7 Å². The highest BCUT2D eigenvalue weighted by Gasteiger charge is 2.23. The second kappa shape index (κ2) is 6.71. The van der Waals surface area contributed by atoms with E-state index in [1.54, 1.807) is 6.92 Å². The molecule has 1 heterocycles. The molecule has 1 atom stereocenters. The zero-order valence-electron chi connectivity index (χ0n) is 11.6. The van der Waals surface area contributed by atoms with Crippen LogP contribution in [-0.2, 0) is 4.79 Å². The first-order valence-corrected chi connectivity index (χ1v) is 7.17. The number of aliphatic hydroxyl groups is 1. The molecule has 1 N–H and O–H groups in total. The summed E-state index contributed by atoms with van der Waals surface area (Å²) in [5.41, 5.74) is 1.39. The molecule has 0 radical (unpaired) electrons. The summed E-state index contributed by atoms with van der Waals surface area (Å²) in [7, 11) is 0. The predicted octanol–water partition coefficient (Wildman–Crippen LogP) is 2.55. The Morgan fingerprint density at radius 2 is 1.95 bits per heavy atom. The Bertz CT molecular complexity index is 394. The van der Waals surface area contributed by atoms with E-state index in [9.17, 15) is 9.90 Å². The van der Waals surface area contributed by atoms with Crippen LogP contribution in [0.4, 0.5) is 0 Å². The van der Waals surface area contributed by atoms with Crippen LogP contribution < -0.4 is 0 Å². The molecule has 0 aliphatic carbocycles. The van der Waals surface area contributed by atoms with Crippen LogP contribution in [0.2, 0.25) is 0 Å². The van der Waals surface area contributed by atoms with Crippen molar-refractivity contribution >= 4 is 5.91 Å². The molecule has 1 fully saturated rings. The van der Waals surface area contributed by atoms with E-state index in [-0.39, 0.29) is 12.0 Å². The van der Waals surface area contributed by atoms with Crippen LogP contribution in [0.3, 0.4) is 0 Å². The van der Waals surface area contributed by atoms with Gasteiger partial charge in [0.2, 0.25) is 5.91 Å². The molecule has 3 heteroatoms. The number of amides is 1. The highest BCUT2D eigenvalue weighted by atomic mass is 16.3. The maximum Gasteiger partial charge on any atom is 0.222 e. The van der Waals surface area contributed by atoms with Crippen molar-refractivity contribution in [2.24, 2.45) is 0 Å². The Hall–Kier alpha value is -1.35. The van der Waals surface area contributed by atoms with Crippen LogP contribution in [0.25, 0.3) is 0 Å². The van der Waals surface area contributed by atoms with Gasteiger partial charge in [0.05, 0.1) is 6.10 Å². The minimum Gasteiger partial charge on any atom is -0.393 e. The molecule has 1 aromatic rings. The van der Waals surface area contributed by atoms with Crippen LogP contribution in [0.15, 0.2) is 30.3 Å². The van der Waals surface area contributed by atoms with Crippen LogP contribution >= 0.6 is 0 Å². The van der Waals surface area contributed by atoms with Gasteiger partial charge in [-0.1, -0.05) is 30.3 Å². The number of rotatable bonds is 4. The monoisotopic (exact) mass is 261 g/mol. The van der Waals surface area contributed by atoms with Gasteiger partial charge in [-0.3, -0.25) is 4.79 Å². The molecular weight excluding hydrogens is 238 g/mol. The van der Waals surface area contributed by atoms with E-state index in [0.29, 0.717) is 18.8 Å². The lowest BCUT2D eigenvalue weighted by molar-refractivity contribution is -0.132. The number of likely N-dealkylation sites (tertiary alicyclic amines) is 1. The molecule has 104 valence electrons. The van der Waals surface area contributed by atoms with E-state index >= 15 is 0 Å². The lowest BCUT2D eigenvalue weighted by Crippen LogP contribution is -2.38. The van der Waals surface area contributed by atoms with Crippen molar-refractivity contribution in [1.29, 1.82) is 0 Å². The van der Waals surface area contributed by atoms with Crippen LogP contribution in [-0.4, -0.2) is 35.1 Å². The maximum absolute atomic E-state index is 12.0. The highest BCUT2D eigenvalue weighted by molar-refractivity contribution is 5.76. The minimum atomic E-state index is -0.384. The highest BCUT2D eigenvalue weighted by Crippen LogP contribution is 2.28. The van der Waals surface area contributed by atoms with Crippen LogP contribution in [0, 0.1) is 0 Å². The Morgan fingerprint density at radius 3 is 2.53 bits per heavy atom. The Kier molecular flexibility index (Phi) is 4.97. The molecule has 1 aliphatic heterocycles. The molecule has 0 aromatic heterocycles. The van der Waals surface area contributed by atoms with Gasteiger partial charge in [0.25, 0.3) is 0 Å². The molecule has 0 bridgehead atoms. The number of hydrogen-bond acceptors (Lipinski definition) is 2. The van der Waals surface area contributed by atoms with E-state index in [1.165, 1.54) is 5.56 Å². The largest absolute Gasteiger partial charge is 0.393 e. The fourth-order valence-electron chi connectivity index (χ4n) is 2.68. The summed E-state index contributed by atoms with van der Waals surface area (Å²) in [5.74, 6) is 0.773. The topological polar surface area (TPSA) is 40.5 Å². The van der Waals surface area contributed by atoms with Gasteiger partial charge in [-0.2, -0.15) is 0 Å². The third kappa shape index (κ3) is 4.06. The molecule has 1 saturated heterocycles. The summed E-state index contributed by atoms with van der Waals surface area (Å²) in [4.78, 5) is 13.9. The first-order valence-electron chi connectivity index (χ1n) is 7.17. The van der Waals surface area contributed by atoms with Crippen molar-refractivity contribution in [3.8, 4) is 0 Å². The molecule has 3 nitrogen and oxygen atoms in total. The molecule has 1 aliphatic rings. The van der Waals surface area contributed by atoms with Crippen molar-refractivity contribution in [1.82, 2.24) is 4.90 Å². The summed E-state index contributed by atoms with van der Waals surface area (Å²) in [6.07, 6.45) is 2.74. The summed E-state index contributed by atoms with van der Waals surface area (Å²) in [6.45, 7) is 3.42. The van der Waals surface area contributed by atoms with Crippen molar-refractivity contribution < 1.29 is 9.90 Å². The standard InChI is InChI=1S/C16H23NO2/c1-13(18)7-8-16(19)17-11-9-15(10-12-17)14-5-3-2-4-6-14/h2-6,13,15,18H,7-12H2,1H3. The molecule has 2 rings (SSSR count). The zero-order chi connectivity index (χ0) is 13.7. The van der Waals surface area contributed by atoms with Gasteiger partial charge in [0, 0.05) is 19.5 Å². The third-order valence-electron chi connectivity index (χ3n) is 3.89.